The lowest BCUT2D eigenvalue weighted by Gasteiger charge is -2.35. The van der Waals surface area contributed by atoms with Crippen molar-refractivity contribution < 1.29 is 4.74 Å². The number of aryl methyl sites for hydroxylation is 2. The van der Waals surface area contributed by atoms with Gasteiger partial charge in [-0.05, 0) is 56.5 Å². The summed E-state index contributed by atoms with van der Waals surface area (Å²) in [6.45, 7) is 9.44. The predicted molar refractivity (Wildman–Crippen MR) is 81.7 cm³/mol. The van der Waals surface area contributed by atoms with Gasteiger partial charge in [0.05, 0.1) is 7.11 Å². The monoisotopic (exact) mass is 264 g/mol. The van der Waals surface area contributed by atoms with Crippen molar-refractivity contribution in [1.82, 2.24) is 5.32 Å². The molecule has 0 aliphatic heterocycles. The number of rotatable bonds is 6. The van der Waals surface area contributed by atoms with E-state index in [4.69, 9.17) is 10.5 Å². The Morgan fingerprint density at radius 2 is 1.84 bits per heavy atom. The van der Waals surface area contributed by atoms with E-state index in [1.54, 1.807) is 7.11 Å². The first-order valence-electron chi connectivity index (χ1n) is 6.89. The Balaban J connectivity index is 3.28. The summed E-state index contributed by atoms with van der Waals surface area (Å²) in [6, 6.07) is 4.58. The zero-order chi connectivity index (χ0) is 14.6. The molecule has 0 fully saturated rings. The minimum atomic E-state index is 0.0818. The van der Waals surface area contributed by atoms with Gasteiger partial charge in [-0.3, -0.25) is 0 Å². The van der Waals surface area contributed by atoms with Gasteiger partial charge >= 0.3 is 0 Å². The van der Waals surface area contributed by atoms with E-state index in [1.807, 2.05) is 7.05 Å². The van der Waals surface area contributed by atoms with Crippen LogP contribution in [0.3, 0.4) is 0 Å². The van der Waals surface area contributed by atoms with E-state index in [2.05, 4.69) is 45.1 Å². The molecule has 1 aromatic rings. The van der Waals surface area contributed by atoms with Crippen molar-refractivity contribution in [2.75, 3.05) is 20.7 Å². The quantitative estimate of drug-likeness (QED) is 0.830. The molecule has 1 unspecified atom stereocenters. The van der Waals surface area contributed by atoms with Gasteiger partial charge < -0.3 is 15.8 Å². The molecule has 0 bridgehead atoms. The fraction of sp³-hybridized carbons (Fsp3) is 0.625. The number of hydrogen-bond donors (Lipinski definition) is 2. The maximum Gasteiger partial charge on any atom is 0.123 e. The molecule has 0 heterocycles. The fourth-order valence-electron chi connectivity index (χ4n) is 2.70. The zero-order valence-corrected chi connectivity index (χ0v) is 13.1. The van der Waals surface area contributed by atoms with Gasteiger partial charge in [-0.2, -0.15) is 0 Å². The topological polar surface area (TPSA) is 47.3 Å². The van der Waals surface area contributed by atoms with E-state index < -0.39 is 0 Å². The summed E-state index contributed by atoms with van der Waals surface area (Å²) in [7, 11) is 3.73. The van der Waals surface area contributed by atoms with Crippen molar-refractivity contribution in [3.05, 3.63) is 28.8 Å². The highest BCUT2D eigenvalue weighted by molar-refractivity contribution is 5.44. The van der Waals surface area contributed by atoms with Crippen molar-refractivity contribution in [3.8, 4) is 5.75 Å². The summed E-state index contributed by atoms with van der Waals surface area (Å²) in [5.74, 6) is 0.951. The number of hydrogen-bond acceptors (Lipinski definition) is 3. The Bertz CT molecular complexity index is 427. The average molecular weight is 264 g/mol. The van der Waals surface area contributed by atoms with E-state index in [1.165, 1.54) is 16.7 Å². The third-order valence-electron chi connectivity index (χ3n) is 4.02. The van der Waals surface area contributed by atoms with Crippen molar-refractivity contribution in [1.29, 1.82) is 0 Å². The Morgan fingerprint density at radius 1 is 1.26 bits per heavy atom. The molecule has 19 heavy (non-hydrogen) atoms. The molecule has 1 atom stereocenters. The second kappa shape index (κ2) is 6.40. The molecule has 0 spiro atoms. The van der Waals surface area contributed by atoms with E-state index in [-0.39, 0.29) is 11.5 Å². The highest BCUT2D eigenvalue weighted by atomic mass is 16.5. The fourth-order valence-corrected chi connectivity index (χ4v) is 2.70. The summed E-state index contributed by atoms with van der Waals surface area (Å²) >= 11 is 0. The van der Waals surface area contributed by atoms with Gasteiger partial charge in [0.2, 0.25) is 0 Å². The third kappa shape index (κ3) is 3.48. The number of benzene rings is 1. The lowest BCUT2D eigenvalue weighted by molar-refractivity contribution is 0.233. The molecule has 0 saturated heterocycles. The molecule has 3 nitrogen and oxygen atoms in total. The lowest BCUT2D eigenvalue weighted by Crippen LogP contribution is -2.34. The van der Waals surface area contributed by atoms with Crippen LogP contribution in [0.5, 0.6) is 5.75 Å². The predicted octanol–water partition coefficient (Wildman–Crippen LogP) is 2.95. The van der Waals surface area contributed by atoms with Crippen LogP contribution in [-0.4, -0.2) is 20.7 Å². The molecule has 0 amide bonds. The van der Waals surface area contributed by atoms with Crippen LogP contribution in [0.1, 0.15) is 43.0 Å². The number of nitrogens with one attached hydrogen (secondary N) is 1. The average Bonchev–Trinajstić information content (AvgIpc) is 2.33. The van der Waals surface area contributed by atoms with Crippen LogP contribution >= 0.6 is 0 Å². The summed E-state index contributed by atoms with van der Waals surface area (Å²) in [5.41, 5.74) is 9.59. The van der Waals surface area contributed by atoms with Gasteiger partial charge in [0.1, 0.15) is 5.75 Å². The first kappa shape index (κ1) is 16.0. The molecule has 0 aliphatic carbocycles. The van der Waals surface area contributed by atoms with Crippen LogP contribution < -0.4 is 15.8 Å². The molecule has 3 N–H and O–H groups in total. The lowest BCUT2D eigenvalue weighted by atomic mass is 9.77. The van der Waals surface area contributed by atoms with Crippen molar-refractivity contribution in [3.63, 3.8) is 0 Å². The minimum absolute atomic E-state index is 0.0818. The molecule has 1 rings (SSSR count). The maximum absolute atomic E-state index is 5.75. The smallest absolute Gasteiger partial charge is 0.123 e. The molecular weight excluding hydrogens is 236 g/mol. The van der Waals surface area contributed by atoms with Crippen LogP contribution in [0, 0.1) is 19.3 Å². The van der Waals surface area contributed by atoms with Gasteiger partial charge in [0, 0.05) is 11.6 Å². The summed E-state index contributed by atoms with van der Waals surface area (Å²) in [4.78, 5) is 0. The summed E-state index contributed by atoms with van der Waals surface area (Å²) in [5, 5.41) is 3.43. The molecule has 0 radical (unpaired) electrons. The van der Waals surface area contributed by atoms with E-state index in [0.717, 1.165) is 12.2 Å². The largest absolute Gasteiger partial charge is 0.496 e. The highest BCUT2D eigenvalue weighted by Crippen LogP contribution is 2.40. The van der Waals surface area contributed by atoms with Crippen LogP contribution in [0.2, 0.25) is 0 Å². The first-order chi connectivity index (χ1) is 8.87. The van der Waals surface area contributed by atoms with Gasteiger partial charge in [-0.15, -0.1) is 0 Å². The minimum Gasteiger partial charge on any atom is -0.496 e. The van der Waals surface area contributed by atoms with Crippen LogP contribution in [0.15, 0.2) is 12.1 Å². The summed E-state index contributed by atoms with van der Waals surface area (Å²) < 4.78 is 5.57. The van der Waals surface area contributed by atoms with E-state index >= 15 is 0 Å². The van der Waals surface area contributed by atoms with E-state index in [9.17, 15) is 0 Å². The Hall–Kier alpha value is -1.06. The standard InChI is InChI=1S/C16H28N2O/c1-11-9-13(14(19-6)10-12(11)2)15(18-5)16(3,4)7-8-17/h9-10,15,18H,7-8,17H2,1-6H3. The highest BCUT2D eigenvalue weighted by Gasteiger charge is 2.31. The third-order valence-corrected chi connectivity index (χ3v) is 4.02. The second-order valence-electron chi connectivity index (χ2n) is 5.93. The Kier molecular flexibility index (Phi) is 5.39. The van der Waals surface area contributed by atoms with Gasteiger partial charge in [-0.25, -0.2) is 0 Å². The molecule has 0 aromatic heterocycles. The van der Waals surface area contributed by atoms with Crippen molar-refractivity contribution >= 4 is 0 Å². The van der Waals surface area contributed by atoms with Crippen LogP contribution in [0.25, 0.3) is 0 Å². The second-order valence-corrected chi connectivity index (χ2v) is 5.93. The molecule has 0 saturated carbocycles. The molecule has 108 valence electrons. The normalized spacial score (nSPS) is 13.4. The number of nitrogens with two attached hydrogens (primary N) is 1. The maximum atomic E-state index is 5.75. The summed E-state index contributed by atoms with van der Waals surface area (Å²) in [6.07, 6.45) is 0.967. The molecule has 0 aliphatic rings. The van der Waals surface area contributed by atoms with Crippen LogP contribution in [-0.2, 0) is 0 Å². The van der Waals surface area contributed by atoms with Gasteiger partial charge in [0.25, 0.3) is 0 Å². The number of methoxy groups -OCH3 is 1. The molecule has 1 aromatic carbocycles. The first-order valence-corrected chi connectivity index (χ1v) is 6.89. The SMILES string of the molecule is CNC(c1cc(C)c(C)cc1OC)C(C)(C)CCN. The van der Waals surface area contributed by atoms with E-state index in [0.29, 0.717) is 6.54 Å². The van der Waals surface area contributed by atoms with Crippen molar-refractivity contribution in [2.24, 2.45) is 11.1 Å². The van der Waals surface area contributed by atoms with Crippen molar-refractivity contribution in [2.45, 2.75) is 40.2 Å². The number of ether oxygens (including phenoxy) is 1. The molecule has 3 heteroatoms. The zero-order valence-electron chi connectivity index (χ0n) is 13.1. The van der Waals surface area contributed by atoms with Gasteiger partial charge in [-0.1, -0.05) is 19.9 Å². The Morgan fingerprint density at radius 3 is 2.32 bits per heavy atom. The Labute approximate surface area is 117 Å². The van der Waals surface area contributed by atoms with Gasteiger partial charge in [0.15, 0.2) is 0 Å². The molecular formula is C16H28N2O. The van der Waals surface area contributed by atoms with Crippen LogP contribution in [0.4, 0.5) is 0 Å².